The summed E-state index contributed by atoms with van der Waals surface area (Å²) in [6.45, 7) is 3.43. The molecule has 5 rings (SSSR count). The number of benzene rings is 2. The molecule has 0 N–H and O–H groups in total. The minimum Gasteiger partial charge on any atom is -0.497 e. The van der Waals surface area contributed by atoms with Crippen LogP contribution in [0.5, 0.6) is 5.75 Å². The lowest BCUT2D eigenvalue weighted by molar-refractivity contribution is 0.0702. The third-order valence-electron chi connectivity index (χ3n) is 6.40. The van der Waals surface area contributed by atoms with Gasteiger partial charge in [-0.05, 0) is 66.6 Å². The van der Waals surface area contributed by atoms with Gasteiger partial charge in [0.25, 0.3) is 5.91 Å². The van der Waals surface area contributed by atoms with Gasteiger partial charge in [0, 0.05) is 42.0 Å². The lowest BCUT2D eigenvalue weighted by atomic mass is 9.92. The molecular formula is C28H27N3O2. The van der Waals surface area contributed by atoms with Crippen LogP contribution in [0.15, 0.2) is 72.9 Å². The molecule has 3 heterocycles. The van der Waals surface area contributed by atoms with Gasteiger partial charge in [0.15, 0.2) is 0 Å². The number of carbonyl (C=O) groups is 1. The molecule has 1 saturated heterocycles. The van der Waals surface area contributed by atoms with E-state index in [-0.39, 0.29) is 11.8 Å². The zero-order valence-corrected chi connectivity index (χ0v) is 19.0. The van der Waals surface area contributed by atoms with E-state index in [0.717, 1.165) is 58.4 Å². The second kappa shape index (κ2) is 9.02. The van der Waals surface area contributed by atoms with Crippen LogP contribution in [0.1, 0.15) is 40.6 Å². The summed E-state index contributed by atoms with van der Waals surface area (Å²) >= 11 is 0. The van der Waals surface area contributed by atoms with Crippen molar-refractivity contribution in [3.63, 3.8) is 0 Å². The number of ether oxygens (including phenoxy) is 1. The maximum atomic E-state index is 13.4. The van der Waals surface area contributed by atoms with Crippen LogP contribution >= 0.6 is 0 Å². The van der Waals surface area contributed by atoms with E-state index in [1.165, 1.54) is 0 Å². The number of rotatable bonds is 4. The SMILES string of the molecule is COc1ccc(-c2cc(C)nc([C@H]3CCCN(C(=O)c4nccc5ccccc45)C3)c2)cc1. The van der Waals surface area contributed by atoms with Crippen LogP contribution in [0.4, 0.5) is 0 Å². The van der Waals surface area contributed by atoms with Crippen molar-refractivity contribution in [3.05, 3.63) is 90.0 Å². The molecule has 1 fully saturated rings. The van der Waals surface area contributed by atoms with Crippen molar-refractivity contribution < 1.29 is 9.53 Å². The Hall–Kier alpha value is -3.73. The summed E-state index contributed by atoms with van der Waals surface area (Å²) in [5.74, 6) is 1.04. The first-order valence-corrected chi connectivity index (χ1v) is 11.4. The summed E-state index contributed by atoms with van der Waals surface area (Å²) in [6.07, 6.45) is 3.69. The number of fused-ring (bicyclic) bond motifs is 1. The highest BCUT2D eigenvalue weighted by molar-refractivity contribution is 6.05. The number of methoxy groups -OCH3 is 1. The smallest absolute Gasteiger partial charge is 0.273 e. The van der Waals surface area contributed by atoms with Crippen LogP contribution in [0.2, 0.25) is 0 Å². The lowest BCUT2D eigenvalue weighted by Gasteiger charge is -2.32. The molecule has 0 spiro atoms. The van der Waals surface area contributed by atoms with Gasteiger partial charge in [-0.15, -0.1) is 0 Å². The number of pyridine rings is 2. The summed E-state index contributed by atoms with van der Waals surface area (Å²) < 4.78 is 5.29. The average Bonchev–Trinajstić information content (AvgIpc) is 2.87. The number of carbonyl (C=O) groups excluding carboxylic acids is 1. The van der Waals surface area contributed by atoms with Gasteiger partial charge in [-0.3, -0.25) is 14.8 Å². The summed E-state index contributed by atoms with van der Waals surface area (Å²) in [5, 5.41) is 1.94. The fourth-order valence-electron chi connectivity index (χ4n) is 4.70. The van der Waals surface area contributed by atoms with E-state index >= 15 is 0 Å². The summed E-state index contributed by atoms with van der Waals surface area (Å²) in [4.78, 5) is 24.7. The first-order valence-electron chi connectivity index (χ1n) is 11.4. The molecule has 0 bridgehead atoms. The highest BCUT2D eigenvalue weighted by Gasteiger charge is 2.28. The van der Waals surface area contributed by atoms with Gasteiger partial charge in [0.05, 0.1) is 7.11 Å². The molecule has 1 amide bonds. The maximum Gasteiger partial charge on any atom is 0.273 e. The van der Waals surface area contributed by atoms with Crippen LogP contribution < -0.4 is 4.74 Å². The van der Waals surface area contributed by atoms with Gasteiger partial charge in [0.2, 0.25) is 0 Å². The predicted octanol–water partition coefficient (Wildman–Crippen LogP) is 5.63. The number of likely N-dealkylation sites (tertiary alicyclic amines) is 1. The molecular weight excluding hydrogens is 410 g/mol. The van der Waals surface area contributed by atoms with Crippen molar-refractivity contribution in [3.8, 4) is 16.9 Å². The normalized spacial score (nSPS) is 16.1. The topological polar surface area (TPSA) is 55.3 Å². The molecule has 4 aromatic rings. The third kappa shape index (κ3) is 4.31. The van der Waals surface area contributed by atoms with Gasteiger partial charge in [-0.2, -0.15) is 0 Å². The maximum absolute atomic E-state index is 13.4. The van der Waals surface area contributed by atoms with Gasteiger partial charge in [0.1, 0.15) is 11.4 Å². The number of nitrogens with zero attached hydrogens (tertiary/aromatic N) is 3. The number of piperidine rings is 1. The summed E-state index contributed by atoms with van der Waals surface area (Å²) in [7, 11) is 1.67. The zero-order chi connectivity index (χ0) is 22.8. The number of hydrogen-bond acceptors (Lipinski definition) is 4. The minimum atomic E-state index is -0.000434. The summed E-state index contributed by atoms with van der Waals surface area (Å²) in [5.41, 5.74) is 4.83. The van der Waals surface area contributed by atoms with E-state index in [1.54, 1.807) is 13.3 Å². The molecule has 2 aromatic carbocycles. The van der Waals surface area contributed by atoms with Crippen molar-refractivity contribution in [1.29, 1.82) is 0 Å². The molecule has 2 aromatic heterocycles. The van der Waals surface area contributed by atoms with Gasteiger partial charge >= 0.3 is 0 Å². The number of hydrogen-bond donors (Lipinski definition) is 0. The first kappa shape index (κ1) is 21.1. The highest BCUT2D eigenvalue weighted by Crippen LogP contribution is 2.31. The van der Waals surface area contributed by atoms with Gasteiger partial charge in [-0.1, -0.05) is 36.4 Å². The van der Waals surface area contributed by atoms with E-state index in [2.05, 4.69) is 29.2 Å². The number of aryl methyl sites for hydroxylation is 1. The van der Waals surface area contributed by atoms with E-state index < -0.39 is 0 Å². The zero-order valence-electron chi connectivity index (χ0n) is 19.0. The van der Waals surface area contributed by atoms with E-state index in [0.29, 0.717) is 12.2 Å². The fraction of sp³-hybridized carbons (Fsp3) is 0.250. The Balaban J connectivity index is 1.41. The molecule has 0 saturated carbocycles. The monoisotopic (exact) mass is 437 g/mol. The second-order valence-corrected chi connectivity index (χ2v) is 8.62. The molecule has 5 nitrogen and oxygen atoms in total. The van der Waals surface area contributed by atoms with Crippen molar-refractivity contribution in [1.82, 2.24) is 14.9 Å². The molecule has 0 unspecified atom stereocenters. The molecule has 0 aliphatic carbocycles. The van der Waals surface area contributed by atoms with Crippen molar-refractivity contribution in [2.24, 2.45) is 0 Å². The quantitative estimate of drug-likeness (QED) is 0.415. The molecule has 1 aliphatic rings. The summed E-state index contributed by atoms with van der Waals surface area (Å²) in [6, 6.07) is 22.2. The number of aromatic nitrogens is 2. The van der Waals surface area contributed by atoms with Crippen LogP contribution in [-0.4, -0.2) is 41.0 Å². The second-order valence-electron chi connectivity index (χ2n) is 8.62. The van der Waals surface area contributed by atoms with Crippen LogP contribution in [0, 0.1) is 6.92 Å². The predicted molar refractivity (Wildman–Crippen MR) is 131 cm³/mol. The largest absolute Gasteiger partial charge is 0.497 e. The highest BCUT2D eigenvalue weighted by atomic mass is 16.5. The van der Waals surface area contributed by atoms with E-state index in [1.807, 2.05) is 54.3 Å². The lowest BCUT2D eigenvalue weighted by Crippen LogP contribution is -2.39. The minimum absolute atomic E-state index is 0.000434. The Bertz CT molecular complexity index is 1300. The standard InChI is InChI=1S/C28H27N3O2/c1-19-16-23(20-9-11-24(33-2)12-10-20)17-26(30-19)22-7-5-15-31(18-22)28(32)27-25-8-4-3-6-21(25)13-14-29-27/h3-4,6,8-14,16-17,22H,5,7,15,18H2,1-2H3/t22-/m0/s1. The Kier molecular flexibility index (Phi) is 5.78. The van der Waals surface area contributed by atoms with E-state index in [9.17, 15) is 4.79 Å². The molecule has 1 atom stereocenters. The number of amides is 1. The Labute approximate surface area is 194 Å². The fourth-order valence-corrected chi connectivity index (χ4v) is 4.70. The molecule has 166 valence electrons. The van der Waals surface area contributed by atoms with E-state index in [4.69, 9.17) is 9.72 Å². The van der Waals surface area contributed by atoms with Crippen LogP contribution in [0.25, 0.3) is 21.9 Å². The van der Waals surface area contributed by atoms with Crippen LogP contribution in [-0.2, 0) is 0 Å². The molecule has 5 heteroatoms. The molecule has 0 radical (unpaired) electrons. The Morgan fingerprint density at radius 1 is 1.03 bits per heavy atom. The average molecular weight is 438 g/mol. The van der Waals surface area contributed by atoms with Crippen molar-refractivity contribution in [2.45, 2.75) is 25.7 Å². The van der Waals surface area contributed by atoms with Crippen molar-refractivity contribution in [2.75, 3.05) is 20.2 Å². The molecule has 33 heavy (non-hydrogen) atoms. The Morgan fingerprint density at radius 2 is 1.85 bits per heavy atom. The molecule has 1 aliphatic heterocycles. The Morgan fingerprint density at radius 3 is 2.67 bits per heavy atom. The first-order chi connectivity index (χ1) is 16.1. The van der Waals surface area contributed by atoms with Gasteiger partial charge < -0.3 is 9.64 Å². The van der Waals surface area contributed by atoms with Crippen LogP contribution in [0.3, 0.4) is 0 Å². The van der Waals surface area contributed by atoms with Gasteiger partial charge in [-0.25, -0.2) is 0 Å². The van der Waals surface area contributed by atoms with Crippen molar-refractivity contribution >= 4 is 16.7 Å². The third-order valence-corrected chi connectivity index (χ3v) is 6.40.